The van der Waals surface area contributed by atoms with Crippen molar-refractivity contribution in [2.75, 3.05) is 18.3 Å². The second-order valence-electron chi connectivity index (χ2n) is 5.10. The van der Waals surface area contributed by atoms with Gasteiger partial charge in [0.25, 0.3) is 0 Å². The fourth-order valence-electron chi connectivity index (χ4n) is 2.08. The molecule has 24 heavy (non-hydrogen) atoms. The van der Waals surface area contributed by atoms with Crippen LogP contribution in [0, 0.1) is 6.92 Å². The summed E-state index contributed by atoms with van der Waals surface area (Å²) >= 11 is 2.96. The van der Waals surface area contributed by atoms with E-state index in [0.29, 0.717) is 10.9 Å². The lowest BCUT2D eigenvalue weighted by Crippen LogP contribution is -2.30. The van der Waals surface area contributed by atoms with Gasteiger partial charge in [0.15, 0.2) is 0 Å². The predicted molar refractivity (Wildman–Crippen MR) is 99.8 cm³/mol. The Bertz CT molecular complexity index is 847. The third-order valence-electron chi connectivity index (χ3n) is 3.30. The van der Waals surface area contributed by atoms with Gasteiger partial charge in [0.2, 0.25) is 11.0 Å². The van der Waals surface area contributed by atoms with E-state index in [1.165, 1.54) is 28.7 Å². The lowest BCUT2D eigenvalue weighted by Gasteiger charge is -2.05. The van der Waals surface area contributed by atoms with Gasteiger partial charge in [-0.05, 0) is 31.2 Å². The average Bonchev–Trinajstić information content (AvgIpc) is 3.02. The molecular weight excluding hydrogens is 342 g/mol. The van der Waals surface area contributed by atoms with E-state index in [9.17, 15) is 4.79 Å². The number of methoxy groups -OCH3 is 1. The lowest BCUT2D eigenvalue weighted by molar-refractivity contribution is -0.118. The molecule has 0 aliphatic heterocycles. The molecule has 0 bridgehead atoms. The van der Waals surface area contributed by atoms with Crippen LogP contribution in [0.15, 0.2) is 47.4 Å². The number of thioether (sulfide) groups is 1. The number of hydrogen-bond donors (Lipinski definition) is 2. The van der Waals surface area contributed by atoms with E-state index in [0.717, 1.165) is 20.9 Å². The van der Waals surface area contributed by atoms with Gasteiger partial charge in [-0.15, -0.1) is 11.8 Å². The number of ether oxygens (including phenoxy) is 1. The molecule has 3 aromatic rings. The average molecular weight is 359 g/mol. The Kier molecular flexibility index (Phi) is 5.22. The van der Waals surface area contributed by atoms with Gasteiger partial charge in [-0.1, -0.05) is 35.1 Å². The van der Waals surface area contributed by atoms with Crippen molar-refractivity contribution in [1.82, 2.24) is 10.4 Å². The summed E-state index contributed by atoms with van der Waals surface area (Å²) in [4.78, 5) is 17.5. The van der Waals surface area contributed by atoms with Crippen LogP contribution in [-0.2, 0) is 4.79 Å². The summed E-state index contributed by atoms with van der Waals surface area (Å²) < 4.78 is 6.29. The molecule has 5 nitrogen and oxygen atoms in total. The van der Waals surface area contributed by atoms with Crippen molar-refractivity contribution in [2.24, 2.45) is 0 Å². The highest BCUT2D eigenvalue weighted by Crippen LogP contribution is 2.31. The maximum Gasteiger partial charge on any atom is 0.248 e. The second kappa shape index (κ2) is 7.55. The van der Waals surface area contributed by atoms with Gasteiger partial charge in [-0.3, -0.25) is 15.6 Å². The van der Waals surface area contributed by atoms with Crippen molar-refractivity contribution >= 4 is 44.4 Å². The number of amides is 1. The number of anilines is 1. The molecule has 3 rings (SSSR count). The summed E-state index contributed by atoms with van der Waals surface area (Å²) in [6.07, 6.45) is 0. The Hall–Kier alpha value is -2.25. The highest BCUT2D eigenvalue weighted by atomic mass is 32.2. The predicted octanol–water partition coefficient (Wildman–Crippen LogP) is 3.85. The number of benzene rings is 2. The standard InChI is InChI=1S/C17H17N3O2S2/c1-11-6-8-12(9-7-11)23-10-15(21)19-20-17-18-16-13(22-2)4-3-5-14(16)24-17/h3-9H,10H2,1-2H3,(H,18,20)(H,19,21). The molecule has 0 saturated carbocycles. The van der Waals surface area contributed by atoms with Crippen molar-refractivity contribution in [3.05, 3.63) is 48.0 Å². The van der Waals surface area contributed by atoms with Gasteiger partial charge in [0.1, 0.15) is 11.3 Å². The summed E-state index contributed by atoms with van der Waals surface area (Å²) in [6.45, 7) is 2.04. The summed E-state index contributed by atoms with van der Waals surface area (Å²) in [6, 6.07) is 13.8. The van der Waals surface area contributed by atoms with Crippen LogP contribution in [0.25, 0.3) is 10.2 Å². The molecule has 2 N–H and O–H groups in total. The lowest BCUT2D eigenvalue weighted by atomic mass is 10.2. The first-order valence-corrected chi connectivity index (χ1v) is 9.14. The van der Waals surface area contributed by atoms with E-state index in [1.807, 2.05) is 49.4 Å². The van der Waals surface area contributed by atoms with Crippen molar-refractivity contribution in [2.45, 2.75) is 11.8 Å². The number of nitrogens with zero attached hydrogens (tertiary/aromatic N) is 1. The van der Waals surface area contributed by atoms with E-state index in [1.54, 1.807) is 7.11 Å². The Morgan fingerprint density at radius 2 is 2.04 bits per heavy atom. The number of hydrogen-bond acceptors (Lipinski definition) is 6. The molecule has 2 aromatic carbocycles. The molecular formula is C17H17N3O2S2. The third-order valence-corrected chi connectivity index (χ3v) is 5.25. The van der Waals surface area contributed by atoms with Crippen LogP contribution >= 0.6 is 23.1 Å². The maximum absolute atomic E-state index is 12.0. The smallest absolute Gasteiger partial charge is 0.248 e. The number of nitrogens with one attached hydrogen (secondary N) is 2. The van der Waals surface area contributed by atoms with E-state index in [2.05, 4.69) is 15.8 Å². The Morgan fingerprint density at radius 3 is 2.79 bits per heavy atom. The van der Waals surface area contributed by atoms with Gasteiger partial charge >= 0.3 is 0 Å². The maximum atomic E-state index is 12.0. The molecule has 7 heteroatoms. The van der Waals surface area contributed by atoms with Crippen LogP contribution in [0.3, 0.4) is 0 Å². The van der Waals surface area contributed by atoms with Crippen LogP contribution in [0.5, 0.6) is 5.75 Å². The summed E-state index contributed by atoms with van der Waals surface area (Å²) in [7, 11) is 1.62. The zero-order valence-electron chi connectivity index (χ0n) is 13.3. The molecule has 0 fully saturated rings. The number of carbonyl (C=O) groups excluding carboxylic acids is 1. The molecule has 0 saturated heterocycles. The molecule has 0 aliphatic rings. The zero-order chi connectivity index (χ0) is 16.9. The highest BCUT2D eigenvalue weighted by Gasteiger charge is 2.09. The van der Waals surface area contributed by atoms with E-state index < -0.39 is 0 Å². The SMILES string of the molecule is COc1cccc2sc(NNC(=O)CSc3ccc(C)cc3)nc12. The molecule has 124 valence electrons. The quantitative estimate of drug-likeness (QED) is 0.517. The molecule has 1 heterocycles. The fraction of sp³-hybridized carbons (Fsp3) is 0.176. The third kappa shape index (κ3) is 3.98. The van der Waals surface area contributed by atoms with Gasteiger partial charge in [0.05, 0.1) is 17.6 Å². The molecule has 0 atom stereocenters. The molecule has 1 amide bonds. The topological polar surface area (TPSA) is 63.2 Å². The fourth-order valence-corrected chi connectivity index (χ4v) is 3.62. The molecule has 1 aromatic heterocycles. The molecule has 0 radical (unpaired) electrons. The Labute approximate surface area is 148 Å². The van der Waals surface area contributed by atoms with Gasteiger partial charge in [-0.2, -0.15) is 0 Å². The molecule has 0 spiro atoms. The van der Waals surface area contributed by atoms with Gasteiger partial charge in [-0.25, -0.2) is 4.98 Å². The highest BCUT2D eigenvalue weighted by molar-refractivity contribution is 8.00. The Morgan fingerprint density at radius 1 is 1.25 bits per heavy atom. The van der Waals surface area contributed by atoms with Crippen LogP contribution in [0.2, 0.25) is 0 Å². The number of fused-ring (bicyclic) bond motifs is 1. The van der Waals surface area contributed by atoms with Crippen molar-refractivity contribution in [1.29, 1.82) is 0 Å². The number of carbonyl (C=O) groups is 1. The van der Waals surface area contributed by atoms with E-state index in [-0.39, 0.29) is 5.91 Å². The minimum atomic E-state index is -0.105. The monoisotopic (exact) mass is 359 g/mol. The van der Waals surface area contributed by atoms with E-state index >= 15 is 0 Å². The number of aromatic nitrogens is 1. The first-order valence-electron chi connectivity index (χ1n) is 7.33. The van der Waals surface area contributed by atoms with Gasteiger partial charge < -0.3 is 4.74 Å². The number of rotatable bonds is 6. The normalized spacial score (nSPS) is 10.6. The largest absolute Gasteiger partial charge is 0.494 e. The molecule has 0 aliphatic carbocycles. The number of para-hydroxylation sites is 1. The minimum Gasteiger partial charge on any atom is -0.494 e. The summed E-state index contributed by atoms with van der Waals surface area (Å²) in [5, 5.41) is 0.628. The minimum absolute atomic E-state index is 0.105. The van der Waals surface area contributed by atoms with Crippen LogP contribution in [-0.4, -0.2) is 23.8 Å². The summed E-state index contributed by atoms with van der Waals surface area (Å²) in [5.74, 6) is 0.953. The van der Waals surface area contributed by atoms with Crippen molar-refractivity contribution in [3.8, 4) is 5.75 Å². The first-order chi connectivity index (χ1) is 11.7. The Balaban J connectivity index is 1.55. The van der Waals surface area contributed by atoms with Crippen LogP contribution < -0.4 is 15.6 Å². The second-order valence-corrected chi connectivity index (χ2v) is 7.18. The molecule has 0 unspecified atom stereocenters. The number of thiazole rings is 1. The van der Waals surface area contributed by atoms with Crippen molar-refractivity contribution < 1.29 is 9.53 Å². The van der Waals surface area contributed by atoms with Crippen molar-refractivity contribution in [3.63, 3.8) is 0 Å². The van der Waals surface area contributed by atoms with Crippen LogP contribution in [0.1, 0.15) is 5.56 Å². The number of aryl methyl sites for hydroxylation is 1. The zero-order valence-corrected chi connectivity index (χ0v) is 15.0. The first kappa shape index (κ1) is 16.6. The summed E-state index contributed by atoms with van der Waals surface area (Å²) in [5.41, 5.74) is 7.54. The van der Waals surface area contributed by atoms with Gasteiger partial charge in [0, 0.05) is 4.90 Å². The van der Waals surface area contributed by atoms with E-state index in [4.69, 9.17) is 4.74 Å². The number of hydrazine groups is 1. The van der Waals surface area contributed by atoms with Crippen LogP contribution in [0.4, 0.5) is 5.13 Å².